The Morgan fingerprint density at radius 3 is 1.93 bits per heavy atom. The molecular formula is C42H48N2O13. The van der Waals surface area contributed by atoms with E-state index in [-0.39, 0.29) is 17.5 Å². The summed E-state index contributed by atoms with van der Waals surface area (Å²) in [6.45, 7) is 16.2. The van der Waals surface area contributed by atoms with Gasteiger partial charge in [0, 0.05) is 57.4 Å². The predicted molar refractivity (Wildman–Crippen MR) is 197 cm³/mol. The molecule has 1 saturated heterocycles. The summed E-state index contributed by atoms with van der Waals surface area (Å²) in [6.07, 6.45) is 1.42. The average molecular weight is 789 g/mol. The number of pyridine rings is 2. The van der Waals surface area contributed by atoms with Crippen molar-refractivity contribution in [2.75, 3.05) is 0 Å². The summed E-state index contributed by atoms with van der Waals surface area (Å²) < 4.78 is 45.1. The monoisotopic (exact) mass is 788 g/mol. The summed E-state index contributed by atoms with van der Waals surface area (Å²) in [4.78, 5) is 90.4. The molecule has 12 atom stereocenters. The van der Waals surface area contributed by atoms with Crippen LogP contribution in [-0.4, -0.2) is 87.7 Å². The third kappa shape index (κ3) is 6.99. The van der Waals surface area contributed by atoms with Crippen molar-refractivity contribution in [3.8, 4) is 0 Å². The Kier molecular flexibility index (Phi) is 11.2. The maximum absolute atomic E-state index is 14.3. The smallest absolute Gasteiger partial charge is 0.340 e. The van der Waals surface area contributed by atoms with Crippen LogP contribution in [0.3, 0.4) is 0 Å². The van der Waals surface area contributed by atoms with Gasteiger partial charge in [-0.05, 0) is 56.5 Å². The second-order valence-corrected chi connectivity index (χ2v) is 15.9. The van der Waals surface area contributed by atoms with Crippen LogP contribution in [0, 0.1) is 35.0 Å². The van der Waals surface area contributed by atoms with E-state index in [4.69, 9.17) is 33.2 Å². The molecule has 304 valence electrons. The first-order valence-electron chi connectivity index (χ1n) is 18.9. The van der Waals surface area contributed by atoms with Gasteiger partial charge in [0.2, 0.25) is 6.29 Å². The van der Waals surface area contributed by atoms with Crippen LogP contribution in [0.1, 0.15) is 82.5 Å². The molecule has 0 amide bonds. The molecule has 2 aromatic heterocycles. The second kappa shape index (κ2) is 15.5. The van der Waals surface area contributed by atoms with E-state index in [0.29, 0.717) is 5.57 Å². The van der Waals surface area contributed by atoms with Gasteiger partial charge in [0.25, 0.3) is 0 Å². The van der Waals surface area contributed by atoms with E-state index in [2.05, 4.69) is 16.5 Å². The number of carbonyl (C=O) groups excluding carboxylic acids is 6. The van der Waals surface area contributed by atoms with Gasteiger partial charge >= 0.3 is 35.8 Å². The number of ether oxygens (including phenoxy) is 7. The molecule has 0 aromatic carbocycles. The topological polar surface area (TPSA) is 193 Å². The Hall–Kier alpha value is -5.44. The number of nitrogens with zero attached hydrogens (tertiary/aromatic N) is 2. The number of esters is 6. The zero-order chi connectivity index (χ0) is 41.6. The minimum Gasteiger partial charge on any atom is -0.461 e. The highest BCUT2D eigenvalue weighted by molar-refractivity contribution is 5.90. The lowest BCUT2D eigenvalue weighted by Crippen LogP contribution is -2.66. The van der Waals surface area contributed by atoms with Gasteiger partial charge in [-0.1, -0.05) is 39.0 Å². The lowest BCUT2D eigenvalue weighted by Gasteiger charge is -2.52. The molecule has 15 heteroatoms. The second-order valence-electron chi connectivity index (χ2n) is 15.9. The molecule has 6 rings (SSSR count). The van der Waals surface area contributed by atoms with E-state index in [9.17, 15) is 28.8 Å². The largest absolute Gasteiger partial charge is 0.461 e. The molecule has 57 heavy (non-hydrogen) atoms. The molecular weight excluding hydrogens is 740 g/mol. The third-order valence-corrected chi connectivity index (χ3v) is 11.6. The van der Waals surface area contributed by atoms with Crippen molar-refractivity contribution in [3.63, 3.8) is 0 Å². The Labute approximate surface area is 330 Å². The molecule has 0 N–H and O–H groups in total. The van der Waals surface area contributed by atoms with Crippen molar-refractivity contribution < 1.29 is 61.9 Å². The lowest BCUT2D eigenvalue weighted by molar-refractivity contribution is -0.286. The molecule has 3 heterocycles. The first-order chi connectivity index (χ1) is 26.9. The molecule has 2 saturated carbocycles. The Morgan fingerprint density at radius 2 is 1.42 bits per heavy atom. The number of allylic oxidation sites excluding steroid dienone is 2. The van der Waals surface area contributed by atoms with Crippen LogP contribution < -0.4 is 0 Å². The first kappa shape index (κ1) is 41.2. The SMILES string of the molecule is C=C(C)[C@H]1C=C[C@@H](OC(=O)C(C)C)[C@@]23C(OC(C)=O)O[C@@](C)([C@@H](OC(=O)c4cccnc4)[C@@]4(OC(C)=O)C[C@H](C)[C@H](OC(=O)c5cccnc5)[C@@H]4[C@H]2OC(C)=O)[C@H]13. The lowest BCUT2D eigenvalue weighted by atomic mass is 9.54. The van der Waals surface area contributed by atoms with Crippen LogP contribution in [0.4, 0.5) is 0 Å². The summed E-state index contributed by atoms with van der Waals surface area (Å²) in [6, 6.07) is 6.10. The molecule has 1 aliphatic heterocycles. The minimum absolute atomic E-state index is 0.0477. The molecule has 2 bridgehead atoms. The fourth-order valence-electron chi connectivity index (χ4n) is 9.77. The molecule has 1 unspecified atom stereocenters. The number of hydrogen-bond donors (Lipinski definition) is 0. The van der Waals surface area contributed by atoms with Crippen LogP contribution >= 0.6 is 0 Å². The predicted octanol–water partition coefficient (Wildman–Crippen LogP) is 4.74. The molecule has 3 fully saturated rings. The van der Waals surface area contributed by atoms with Crippen molar-refractivity contribution in [1.82, 2.24) is 9.97 Å². The van der Waals surface area contributed by atoms with Gasteiger partial charge in [-0.15, -0.1) is 0 Å². The van der Waals surface area contributed by atoms with Crippen molar-refractivity contribution in [2.24, 2.45) is 35.0 Å². The first-order valence-corrected chi connectivity index (χ1v) is 18.9. The third-order valence-electron chi connectivity index (χ3n) is 11.6. The van der Waals surface area contributed by atoms with Crippen molar-refractivity contribution in [3.05, 3.63) is 84.5 Å². The van der Waals surface area contributed by atoms with Gasteiger partial charge in [-0.25, -0.2) is 9.59 Å². The number of rotatable bonds is 10. The highest BCUT2D eigenvalue weighted by Crippen LogP contribution is 2.71. The normalized spacial score (nSPS) is 34.8. The standard InChI is InChI=1S/C42H48N2O13/c1-21(2)29-14-15-30(53-35(48)22(3)4)42-33(29)40(9,57-39(42)52-25(7)46)38(55-37(50)28-13-11-17-44-20-28)41(56-26(8)47)18-23(5)32(31(41)34(42)51-24(6)45)54-36(49)27-12-10-16-43-19-27/h10-17,19-20,22-23,29-34,38-39H,1,18H2,2-9H3/t23-,29+,30+,31+,32-,33-,34+,38+,39?,40+,41+,42-/m0/s1. The Morgan fingerprint density at radius 1 is 0.825 bits per heavy atom. The summed E-state index contributed by atoms with van der Waals surface area (Å²) in [5.41, 5.74) is -4.96. The van der Waals surface area contributed by atoms with Crippen LogP contribution in [0.25, 0.3) is 0 Å². The summed E-state index contributed by atoms with van der Waals surface area (Å²) in [5, 5.41) is 0. The van der Waals surface area contributed by atoms with E-state index >= 15 is 0 Å². The Balaban J connectivity index is 1.74. The number of fused-ring (bicyclic) bond motifs is 1. The molecule has 2 aromatic rings. The Bertz CT molecular complexity index is 1970. The van der Waals surface area contributed by atoms with Gasteiger partial charge in [0.15, 0.2) is 11.7 Å². The quantitative estimate of drug-likeness (QED) is 0.182. The van der Waals surface area contributed by atoms with E-state index in [0.717, 1.165) is 6.92 Å². The zero-order valence-electron chi connectivity index (χ0n) is 33.2. The molecule has 0 radical (unpaired) electrons. The van der Waals surface area contributed by atoms with Gasteiger partial charge in [0.1, 0.15) is 29.3 Å². The van der Waals surface area contributed by atoms with E-state index in [1.807, 2.05) is 0 Å². The number of aromatic nitrogens is 2. The summed E-state index contributed by atoms with van der Waals surface area (Å²) >= 11 is 0. The van der Waals surface area contributed by atoms with Crippen molar-refractivity contribution in [1.29, 1.82) is 0 Å². The van der Waals surface area contributed by atoms with Gasteiger partial charge < -0.3 is 33.2 Å². The molecule has 0 spiro atoms. The average Bonchev–Trinajstić information content (AvgIpc) is 3.54. The molecule has 4 aliphatic rings. The van der Waals surface area contributed by atoms with Crippen molar-refractivity contribution >= 4 is 35.8 Å². The van der Waals surface area contributed by atoms with E-state index in [1.54, 1.807) is 58.9 Å². The highest BCUT2D eigenvalue weighted by atomic mass is 16.7. The minimum atomic E-state index is -1.98. The summed E-state index contributed by atoms with van der Waals surface area (Å²) in [7, 11) is 0. The number of carbonyl (C=O) groups is 6. The number of hydrogen-bond acceptors (Lipinski definition) is 15. The maximum Gasteiger partial charge on any atom is 0.340 e. The molecule has 15 nitrogen and oxygen atoms in total. The van der Waals surface area contributed by atoms with Crippen LogP contribution in [0.5, 0.6) is 0 Å². The van der Waals surface area contributed by atoms with E-state index < -0.39 is 113 Å². The fraction of sp³-hybridized carbons (Fsp3) is 0.524. The van der Waals surface area contributed by atoms with Crippen molar-refractivity contribution in [2.45, 2.75) is 104 Å². The zero-order valence-corrected chi connectivity index (χ0v) is 33.2. The summed E-state index contributed by atoms with van der Waals surface area (Å²) in [5.74, 6) is -9.18. The van der Waals surface area contributed by atoms with Crippen LogP contribution in [0.2, 0.25) is 0 Å². The van der Waals surface area contributed by atoms with E-state index in [1.165, 1.54) is 50.8 Å². The fourth-order valence-corrected chi connectivity index (χ4v) is 9.77. The van der Waals surface area contributed by atoms with Gasteiger partial charge in [-0.3, -0.25) is 29.1 Å². The van der Waals surface area contributed by atoms with Crippen LogP contribution in [0.15, 0.2) is 73.4 Å². The van der Waals surface area contributed by atoms with Gasteiger partial charge in [-0.2, -0.15) is 0 Å². The molecule has 3 aliphatic carbocycles. The van der Waals surface area contributed by atoms with Crippen LogP contribution in [-0.2, 0) is 52.3 Å². The maximum atomic E-state index is 14.3. The van der Waals surface area contributed by atoms with Gasteiger partial charge in [0.05, 0.1) is 23.0 Å². The highest BCUT2D eigenvalue weighted by Gasteiger charge is 2.85.